The number of rotatable bonds is 2. The molecule has 1 heterocycles. The molecule has 3 nitrogen and oxygen atoms in total. The third kappa shape index (κ3) is 2.75. The molecule has 0 spiro atoms. The van der Waals surface area contributed by atoms with Gasteiger partial charge in [-0.2, -0.15) is 0 Å². The van der Waals surface area contributed by atoms with E-state index in [2.05, 4.69) is 6.92 Å². The van der Waals surface area contributed by atoms with E-state index in [1.54, 1.807) is 6.07 Å². The van der Waals surface area contributed by atoms with Gasteiger partial charge in [-0.1, -0.05) is 19.1 Å². The molecule has 0 radical (unpaired) electrons. The minimum Gasteiger partial charge on any atom is -0.489 e. The zero-order valence-electron chi connectivity index (χ0n) is 11.6. The lowest BCUT2D eigenvalue weighted by atomic mass is 10.0. The van der Waals surface area contributed by atoms with Crippen LogP contribution in [-0.2, 0) is 0 Å². The third-order valence-electron chi connectivity index (χ3n) is 3.45. The number of carbonyl (C=O) groups excluding carboxylic acids is 1. The molecule has 1 aliphatic rings. The first kappa shape index (κ1) is 13.6. The van der Waals surface area contributed by atoms with Crippen molar-refractivity contribution in [2.45, 2.75) is 6.92 Å². The second kappa shape index (κ2) is 5.56. The monoisotopic (exact) mass is 286 g/mol. The molecule has 0 amide bonds. The van der Waals surface area contributed by atoms with E-state index >= 15 is 0 Å². The number of ether oxygens (including phenoxy) is 2. The predicted octanol–water partition coefficient (Wildman–Crippen LogP) is 3.71. The lowest BCUT2D eigenvalue weighted by Crippen LogP contribution is -2.12. The van der Waals surface area contributed by atoms with Crippen molar-refractivity contribution < 1.29 is 18.7 Å². The van der Waals surface area contributed by atoms with Crippen LogP contribution in [0, 0.1) is 11.7 Å². The summed E-state index contributed by atoms with van der Waals surface area (Å²) in [5, 5.41) is 0. The van der Waals surface area contributed by atoms with Gasteiger partial charge in [0.1, 0.15) is 5.82 Å². The van der Waals surface area contributed by atoms with E-state index in [1.807, 2.05) is 18.2 Å². The van der Waals surface area contributed by atoms with Gasteiger partial charge >= 0.3 is 0 Å². The molecule has 4 heteroatoms. The Kier molecular flexibility index (Phi) is 3.60. The van der Waals surface area contributed by atoms with Gasteiger partial charge in [0.15, 0.2) is 17.8 Å². The molecule has 3 rings (SSSR count). The molecule has 0 aromatic heterocycles. The molecular formula is C17H15FO3. The summed E-state index contributed by atoms with van der Waals surface area (Å²) in [6.45, 7) is 3.28. The van der Waals surface area contributed by atoms with Crippen LogP contribution in [0.4, 0.5) is 4.39 Å². The van der Waals surface area contributed by atoms with Gasteiger partial charge in [-0.25, -0.2) is 4.39 Å². The summed E-state index contributed by atoms with van der Waals surface area (Å²) < 4.78 is 24.8. The minimum absolute atomic E-state index is 0.0493. The van der Waals surface area contributed by atoms with Gasteiger partial charge in [-0.3, -0.25) is 4.79 Å². The standard InChI is InChI=1S/C17H15FO3/c1-11-9-20-16-5-3-13(7-17(16)21-10-11)12-2-4-15(18)14(6-12)8-19/h2-8,11H,9-10H2,1H3. The van der Waals surface area contributed by atoms with Gasteiger partial charge in [0.05, 0.1) is 18.8 Å². The van der Waals surface area contributed by atoms with Crippen LogP contribution in [0.25, 0.3) is 11.1 Å². The third-order valence-corrected chi connectivity index (χ3v) is 3.45. The molecular weight excluding hydrogens is 271 g/mol. The number of aldehydes is 1. The molecule has 0 bridgehead atoms. The first-order valence-electron chi connectivity index (χ1n) is 6.82. The van der Waals surface area contributed by atoms with Crippen molar-refractivity contribution in [3.8, 4) is 22.6 Å². The van der Waals surface area contributed by atoms with E-state index in [4.69, 9.17) is 9.47 Å². The summed E-state index contributed by atoms with van der Waals surface area (Å²) in [6, 6.07) is 10.0. The Balaban J connectivity index is 1.99. The second-order valence-electron chi connectivity index (χ2n) is 5.24. The molecule has 0 fully saturated rings. The molecule has 1 unspecified atom stereocenters. The fraction of sp³-hybridized carbons (Fsp3) is 0.235. The Hall–Kier alpha value is -2.36. The minimum atomic E-state index is -0.517. The van der Waals surface area contributed by atoms with Crippen LogP contribution >= 0.6 is 0 Å². The number of hydrogen-bond acceptors (Lipinski definition) is 3. The maximum absolute atomic E-state index is 13.4. The summed E-state index contributed by atoms with van der Waals surface area (Å²) in [5.74, 6) is 1.19. The van der Waals surface area contributed by atoms with Gasteiger partial charge in [0.2, 0.25) is 0 Å². The Morgan fingerprint density at radius 2 is 1.71 bits per heavy atom. The normalized spacial score (nSPS) is 17.1. The van der Waals surface area contributed by atoms with Gasteiger partial charge in [0, 0.05) is 5.92 Å². The van der Waals surface area contributed by atoms with Gasteiger partial charge in [-0.15, -0.1) is 0 Å². The average Bonchev–Trinajstić information content (AvgIpc) is 2.69. The van der Waals surface area contributed by atoms with E-state index in [-0.39, 0.29) is 5.56 Å². The molecule has 0 aliphatic carbocycles. The maximum atomic E-state index is 13.4. The van der Waals surface area contributed by atoms with Crippen molar-refractivity contribution in [3.63, 3.8) is 0 Å². The van der Waals surface area contributed by atoms with Crippen molar-refractivity contribution in [3.05, 3.63) is 47.8 Å². The maximum Gasteiger partial charge on any atom is 0.161 e. The van der Waals surface area contributed by atoms with Crippen LogP contribution in [0.5, 0.6) is 11.5 Å². The van der Waals surface area contributed by atoms with Crippen LogP contribution in [0.15, 0.2) is 36.4 Å². The molecule has 0 saturated carbocycles. The number of halogens is 1. The summed E-state index contributed by atoms with van der Waals surface area (Å²) in [7, 11) is 0. The first-order chi connectivity index (χ1) is 10.2. The summed E-state index contributed by atoms with van der Waals surface area (Å²) in [6.07, 6.45) is 0.517. The molecule has 0 N–H and O–H groups in total. The summed E-state index contributed by atoms with van der Waals surface area (Å²) in [4.78, 5) is 10.8. The first-order valence-corrected chi connectivity index (χ1v) is 6.82. The highest BCUT2D eigenvalue weighted by atomic mass is 19.1. The number of carbonyl (C=O) groups is 1. The Morgan fingerprint density at radius 1 is 1.05 bits per heavy atom. The SMILES string of the molecule is CC1COc2ccc(-c3ccc(F)c(C=O)c3)cc2OC1. The van der Waals surface area contributed by atoms with E-state index < -0.39 is 5.82 Å². The zero-order valence-corrected chi connectivity index (χ0v) is 11.6. The fourth-order valence-electron chi connectivity index (χ4n) is 2.25. The summed E-state index contributed by atoms with van der Waals surface area (Å²) in [5.41, 5.74) is 1.67. The van der Waals surface area contributed by atoms with E-state index in [1.165, 1.54) is 12.1 Å². The molecule has 21 heavy (non-hydrogen) atoms. The molecule has 2 aromatic rings. The lowest BCUT2D eigenvalue weighted by Gasteiger charge is -2.10. The molecule has 2 aromatic carbocycles. The van der Waals surface area contributed by atoms with Crippen LogP contribution < -0.4 is 9.47 Å². The van der Waals surface area contributed by atoms with Crippen molar-refractivity contribution in [2.24, 2.45) is 5.92 Å². The zero-order chi connectivity index (χ0) is 14.8. The van der Waals surface area contributed by atoms with Crippen molar-refractivity contribution in [1.29, 1.82) is 0 Å². The number of fused-ring (bicyclic) bond motifs is 1. The highest BCUT2D eigenvalue weighted by Crippen LogP contribution is 2.35. The number of benzene rings is 2. The van der Waals surface area contributed by atoms with Crippen molar-refractivity contribution >= 4 is 6.29 Å². The second-order valence-corrected chi connectivity index (χ2v) is 5.24. The Morgan fingerprint density at radius 3 is 2.48 bits per heavy atom. The van der Waals surface area contributed by atoms with Crippen molar-refractivity contribution in [1.82, 2.24) is 0 Å². The Labute approximate surface area is 122 Å². The van der Waals surface area contributed by atoms with E-state index in [9.17, 15) is 9.18 Å². The van der Waals surface area contributed by atoms with E-state index in [0.29, 0.717) is 36.9 Å². The van der Waals surface area contributed by atoms with Crippen LogP contribution in [-0.4, -0.2) is 19.5 Å². The smallest absolute Gasteiger partial charge is 0.161 e. The Bertz CT molecular complexity index is 682. The van der Waals surface area contributed by atoms with Crippen LogP contribution in [0.2, 0.25) is 0 Å². The molecule has 1 aliphatic heterocycles. The predicted molar refractivity (Wildman–Crippen MR) is 77.4 cm³/mol. The molecule has 1 atom stereocenters. The highest BCUT2D eigenvalue weighted by Gasteiger charge is 2.16. The summed E-state index contributed by atoms with van der Waals surface area (Å²) >= 11 is 0. The van der Waals surface area contributed by atoms with Crippen LogP contribution in [0.3, 0.4) is 0 Å². The molecule has 108 valence electrons. The van der Waals surface area contributed by atoms with Crippen molar-refractivity contribution in [2.75, 3.05) is 13.2 Å². The average molecular weight is 286 g/mol. The lowest BCUT2D eigenvalue weighted by molar-refractivity contribution is 0.112. The quantitative estimate of drug-likeness (QED) is 0.789. The van der Waals surface area contributed by atoms with Gasteiger partial charge in [-0.05, 0) is 35.4 Å². The number of hydrogen-bond donors (Lipinski definition) is 0. The van der Waals surface area contributed by atoms with Crippen LogP contribution in [0.1, 0.15) is 17.3 Å². The highest BCUT2D eigenvalue weighted by molar-refractivity contribution is 5.79. The van der Waals surface area contributed by atoms with E-state index in [0.717, 1.165) is 11.1 Å². The van der Waals surface area contributed by atoms with Gasteiger partial charge in [0.25, 0.3) is 0 Å². The largest absolute Gasteiger partial charge is 0.489 e. The molecule has 0 saturated heterocycles. The van der Waals surface area contributed by atoms with Gasteiger partial charge < -0.3 is 9.47 Å². The fourth-order valence-corrected chi connectivity index (χ4v) is 2.25. The topological polar surface area (TPSA) is 35.5 Å².